The molecule has 0 saturated carbocycles. The van der Waals surface area contributed by atoms with Gasteiger partial charge in [-0.1, -0.05) is 35.1 Å². The maximum atomic E-state index is 14.1. The van der Waals surface area contributed by atoms with Crippen LogP contribution in [0.2, 0.25) is 5.02 Å². The Morgan fingerprint density at radius 2 is 1.97 bits per heavy atom. The second kappa shape index (κ2) is 9.55. The molecule has 0 unspecified atom stereocenters. The van der Waals surface area contributed by atoms with Gasteiger partial charge in [-0.3, -0.25) is 14.7 Å². The molecule has 0 bridgehead atoms. The Bertz CT molecular complexity index is 1150. The third-order valence-corrected chi connectivity index (χ3v) is 6.66. The summed E-state index contributed by atoms with van der Waals surface area (Å²) >= 11 is 8.82. The molecule has 0 saturated heterocycles. The molecule has 2 heterocycles. The van der Waals surface area contributed by atoms with Crippen molar-refractivity contribution in [2.45, 2.75) is 17.9 Å². The summed E-state index contributed by atoms with van der Waals surface area (Å²) in [5, 5.41) is 1.17. The first kappa shape index (κ1) is 20.8. The fraction of sp³-hybridized carbons (Fsp3) is 0.136. The number of thiazole rings is 1. The molecule has 0 fully saturated rings. The molecule has 4 nitrogen and oxygen atoms in total. The van der Waals surface area contributed by atoms with Gasteiger partial charge in [-0.2, -0.15) is 0 Å². The molecule has 8 heteroatoms. The molecule has 0 N–H and O–H groups in total. The quantitative estimate of drug-likeness (QED) is 0.310. The number of thioether (sulfide) groups is 1. The zero-order chi connectivity index (χ0) is 20.9. The number of aromatic nitrogens is 2. The molecule has 4 rings (SSSR count). The summed E-state index contributed by atoms with van der Waals surface area (Å²) in [4.78, 5) is 24.3. The standard InChI is InChI=1S/C22H17ClFN3OS2/c23-16-6-8-17(9-7-16)29-12-10-20(28)27(14-15-3-2-11-25-13-15)22-26-21-18(24)4-1-5-19(21)30-22/h1-9,11,13H,10,12,14H2. The van der Waals surface area contributed by atoms with Crippen molar-refractivity contribution in [3.8, 4) is 0 Å². The van der Waals surface area contributed by atoms with E-state index >= 15 is 0 Å². The van der Waals surface area contributed by atoms with Crippen LogP contribution in [0.3, 0.4) is 0 Å². The summed E-state index contributed by atoms with van der Waals surface area (Å²) in [6.07, 6.45) is 3.73. The van der Waals surface area contributed by atoms with Gasteiger partial charge in [0.2, 0.25) is 5.91 Å². The van der Waals surface area contributed by atoms with Crippen LogP contribution in [0.1, 0.15) is 12.0 Å². The van der Waals surface area contributed by atoms with E-state index in [1.165, 1.54) is 17.4 Å². The zero-order valence-electron chi connectivity index (χ0n) is 15.8. The van der Waals surface area contributed by atoms with Crippen LogP contribution >= 0.6 is 34.7 Å². The van der Waals surface area contributed by atoms with Crippen LogP contribution in [0.25, 0.3) is 10.2 Å². The normalized spacial score (nSPS) is 11.0. The molecule has 0 aliphatic carbocycles. The van der Waals surface area contributed by atoms with Crippen LogP contribution in [0.15, 0.2) is 71.9 Å². The van der Waals surface area contributed by atoms with Gasteiger partial charge in [0.05, 0.1) is 11.2 Å². The van der Waals surface area contributed by atoms with Crippen molar-refractivity contribution >= 4 is 56.0 Å². The smallest absolute Gasteiger partial charge is 0.229 e. The van der Waals surface area contributed by atoms with Crippen LogP contribution in [-0.4, -0.2) is 21.6 Å². The van der Waals surface area contributed by atoms with Crippen molar-refractivity contribution in [3.63, 3.8) is 0 Å². The third kappa shape index (κ3) is 4.98. The van der Waals surface area contributed by atoms with Crippen molar-refractivity contribution < 1.29 is 9.18 Å². The first-order valence-electron chi connectivity index (χ1n) is 9.23. The Labute approximate surface area is 186 Å². The summed E-state index contributed by atoms with van der Waals surface area (Å²) in [7, 11) is 0. The number of pyridine rings is 1. The van der Waals surface area contributed by atoms with Gasteiger partial charge in [-0.15, -0.1) is 11.8 Å². The number of carbonyl (C=O) groups is 1. The fourth-order valence-electron chi connectivity index (χ4n) is 2.88. The molecule has 2 aromatic carbocycles. The first-order valence-corrected chi connectivity index (χ1v) is 11.4. The number of amides is 1. The van der Waals surface area contributed by atoms with Gasteiger partial charge in [-0.25, -0.2) is 9.37 Å². The van der Waals surface area contributed by atoms with Crippen LogP contribution in [0, 0.1) is 5.82 Å². The van der Waals surface area contributed by atoms with Crippen molar-refractivity contribution in [2.24, 2.45) is 0 Å². The molecule has 0 atom stereocenters. The van der Waals surface area contributed by atoms with E-state index in [1.54, 1.807) is 35.1 Å². The molecule has 30 heavy (non-hydrogen) atoms. The second-order valence-electron chi connectivity index (χ2n) is 6.48. The number of rotatable bonds is 7. The lowest BCUT2D eigenvalue weighted by Gasteiger charge is -2.20. The Morgan fingerprint density at radius 1 is 1.13 bits per heavy atom. The highest BCUT2D eigenvalue weighted by Gasteiger charge is 2.21. The van der Waals surface area contributed by atoms with Crippen LogP contribution in [0.4, 0.5) is 9.52 Å². The van der Waals surface area contributed by atoms with E-state index in [2.05, 4.69) is 9.97 Å². The van der Waals surface area contributed by atoms with Crippen LogP contribution in [-0.2, 0) is 11.3 Å². The minimum Gasteiger partial charge on any atom is -0.284 e. The highest BCUT2D eigenvalue weighted by molar-refractivity contribution is 7.99. The van der Waals surface area contributed by atoms with E-state index in [4.69, 9.17) is 11.6 Å². The molecular formula is C22H17ClFN3OS2. The maximum absolute atomic E-state index is 14.1. The lowest BCUT2D eigenvalue weighted by Crippen LogP contribution is -2.30. The van der Waals surface area contributed by atoms with Crippen LogP contribution < -0.4 is 4.90 Å². The van der Waals surface area contributed by atoms with E-state index in [-0.39, 0.29) is 17.2 Å². The van der Waals surface area contributed by atoms with Gasteiger partial charge in [0, 0.05) is 34.5 Å². The van der Waals surface area contributed by atoms with E-state index in [9.17, 15) is 9.18 Å². The number of fused-ring (bicyclic) bond motifs is 1. The van der Waals surface area contributed by atoms with Crippen molar-refractivity contribution in [2.75, 3.05) is 10.7 Å². The minimum absolute atomic E-state index is 0.0696. The monoisotopic (exact) mass is 457 g/mol. The lowest BCUT2D eigenvalue weighted by molar-refractivity contribution is -0.118. The molecule has 0 aliphatic rings. The van der Waals surface area contributed by atoms with Gasteiger partial charge in [0.1, 0.15) is 11.3 Å². The van der Waals surface area contributed by atoms with E-state index in [0.29, 0.717) is 33.6 Å². The number of nitrogens with zero attached hydrogens (tertiary/aromatic N) is 3. The number of para-hydroxylation sites is 1. The van der Waals surface area contributed by atoms with Gasteiger partial charge in [-0.05, 0) is 48.0 Å². The predicted octanol–water partition coefficient (Wildman–Crippen LogP) is 6.20. The molecule has 1 amide bonds. The first-order chi connectivity index (χ1) is 14.6. The van der Waals surface area contributed by atoms with Gasteiger partial charge >= 0.3 is 0 Å². The van der Waals surface area contributed by atoms with Gasteiger partial charge < -0.3 is 0 Å². The maximum Gasteiger partial charge on any atom is 0.229 e. The number of hydrogen-bond acceptors (Lipinski definition) is 5. The molecular weight excluding hydrogens is 441 g/mol. The number of halogens is 2. The molecule has 0 aliphatic heterocycles. The zero-order valence-corrected chi connectivity index (χ0v) is 18.2. The molecule has 0 radical (unpaired) electrons. The Balaban J connectivity index is 1.53. The highest BCUT2D eigenvalue weighted by atomic mass is 35.5. The van der Waals surface area contributed by atoms with Gasteiger partial charge in [0.25, 0.3) is 0 Å². The molecule has 0 spiro atoms. The van der Waals surface area contributed by atoms with E-state index < -0.39 is 0 Å². The predicted molar refractivity (Wildman–Crippen MR) is 122 cm³/mol. The number of carbonyl (C=O) groups excluding carboxylic acids is 1. The SMILES string of the molecule is O=C(CCSc1ccc(Cl)cc1)N(Cc1cccnc1)c1nc2c(F)cccc2s1. The topological polar surface area (TPSA) is 46.1 Å². The number of hydrogen-bond donors (Lipinski definition) is 0. The Kier molecular flexibility index (Phi) is 6.62. The summed E-state index contributed by atoms with van der Waals surface area (Å²) < 4.78 is 14.8. The summed E-state index contributed by atoms with van der Waals surface area (Å²) in [6, 6.07) is 16.1. The fourth-order valence-corrected chi connectivity index (χ4v) is 4.84. The molecule has 152 valence electrons. The summed E-state index contributed by atoms with van der Waals surface area (Å²) in [6.45, 7) is 0.333. The average Bonchev–Trinajstić information content (AvgIpc) is 3.19. The van der Waals surface area contributed by atoms with E-state index in [1.807, 2.05) is 42.5 Å². The summed E-state index contributed by atoms with van der Waals surface area (Å²) in [5.74, 6) is 0.158. The Hall–Kier alpha value is -2.48. The average molecular weight is 458 g/mol. The minimum atomic E-state index is -0.387. The Morgan fingerprint density at radius 3 is 2.70 bits per heavy atom. The highest BCUT2D eigenvalue weighted by Crippen LogP contribution is 2.32. The lowest BCUT2D eigenvalue weighted by atomic mass is 10.2. The van der Waals surface area contributed by atoms with Crippen LogP contribution in [0.5, 0.6) is 0 Å². The number of benzene rings is 2. The van der Waals surface area contributed by atoms with Gasteiger partial charge in [0.15, 0.2) is 5.13 Å². The number of anilines is 1. The van der Waals surface area contributed by atoms with Crippen molar-refractivity contribution in [3.05, 3.63) is 83.4 Å². The van der Waals surface area contributed by atoms with Crippen molar-refractivity contribution in [1.82, 2.24) is 9.97 Å². The molecule has 2 aromatic heterocycles. The second-order valence-corrected chi connectivity index (χ2v) is 9.09. The van der Waals surface area contributed by atoms with E-state index in [0.717, 1.165) is 10.5 Å². The van der Waals surface area contributed by atoms with Crippen molar-refractivity contribution in [1.29, 1.82) is 0 Å². The molecule has 4 aromatic rings. The largest absolute Gasteiger partial charge is 0.284 e. The third-order valence-electron chi connectivity index (χ3n) is 4.35. The summed E-state index contributed by atoms with van der Waals surface area (Å²) in [5.41, 5.74) is 1.17.